The molecular weight excluding hydrogens is 178 g/mol. The lowest BCUT2D eigenvalue weighted by molar-refractivity contribution is 0.413. The lowest BCUT2D eigenvalue weighted by atomic mass is 10.2. The van der Waals surface area contributed by atoms with Gasteiger partial charge in [0.25, 0.3) is 0 Å². The van der Waals surface area contributed by atoms with Gasteiger partial charge in [0.15, 0.2) is 0 Å². The van der Waals surface area contributed by atoms with Crippen LogP contribution in [-0.4, -0.2) is 21.9 Å². The van der Waals surface area contributed by atoms with Crippen LogP contribution in [-0.2, 0) is 7.05 Å². The van der Waals surface area contributed by atoms with E-state index in [9.17, 15) is 0 Å². The molecule has 2 aromatic heterocycles. The lowest BCUT2D eigenvalue weighted by Crippen LogP contribution is -1.89. The SMILES string of the molecule is COc1cncc(-c2ccn(C)n2)c1. The maximum Gasteiger partial charge on any atom is 0.137 e. The van der Waals surface area contributed by atoms with E-state index in [0.29, 0.717) is 0 Å². The van der Waals surface area contributed by atoms with Crippen molar-refractivity contribution in [2.75, 3.05) is 7.11 Å². The molecule has 14 heavy (non-hydrogen) atoms. The van der Waals surface area contributed by atoms with Crippen molar-refractivity contribution in [3.05, 3.63) is 30.7 Å². The zero-order valence-electron chi connectivity index (χ0n) is 8.14. The van der Waals surface area contributed by atoms with Gasteiger partial charge >= 0.3 is 0 Å². The van der Waals surface area contributed by atoms with E-state index in [-0.39, 0.29) is 0 Å². The Morgan fingerprint density at radius 3 is 2.86 bits per heavy atom. The fourth-order valence-corrected chi connectivity index (χ4v) is 1.24. The predicted octanol–water partition coefficient (Wildman–Crippen LogP) is 1.49. The first-order valence-corrected chi connectivity index (χ1v) is 4.28. The minimum absolute atomic E-state index is 0.744. The van der Waals surface area contributed by atoms with Gasteiger partial charge in [-0.1, -0.05) is 0 Å². The minimum Gasteiger partial charge on any atom is -0.495 e. The largest absolute Gasteiger partial charge is 0.495 e. The van der Waals surface area contributed by atoms with E-state index in [1.165, 1.54) is 0 Å². The van der Waals surface area contributed by atoms with Crippen molar-refractivity contribution in [3.8, 4) is 17.0 Å². The molecule has 0 aromatic carbocycles. The molecule has 0 aliphatic rings. The molecule has 0 N–H and O–H groups in total. The average molecular weight is 189 g/mol. The topological polar surface area (TPSA) is 39.9 Å². The van der Waals surface area contributed by atoms with Gasteiger partial charge in [-0.3, -0.25) is 9.67 Å². The lowest BCUT2D eigenvalue weighted by Gasteiger charge is -2.00. The van der Waals surface area contributed by atoms with Crippen LogP contribution in [0.2, 0.25) is 0 Å². The van der Waals surface area contributed by atoms with Gasteiger partial charge in [0.1, 0.15) is 5.75 Å². The molecule has 0 aliphatic heterocycles. The summed E-state index contributed by atoms with van der Waals surface area (Å²) >= 11 is 0. The molecule has 0 fully saturated rings. The number of hydrogen-bond acceptors (Lipinski definition) is 3. The van der Waals surface area contributed by atoms with Crippen LogP contribution in [0.5, 0.6) is 5.75 Å². The van der Waals surface area contributed by atoms with Crippen LogP contribution >= 0.6 is 0 Å². The second kappa shape index (κ2) is 3.49. The van der Waals surface area contributed by atoms with Gasteiger partial charge in [0.2, 0.25) is 0 Å². The first-order chi connectivity index (χ1) is 6.79. The van der Waals surface area contributed by atoms with E-state index in [2.05, 4.69) is 10.1 Å². The monoisotopic (exact) mass is 189 g/mol. The number of ether oxygens (including phenoxy) is 1. The maximum absolute atomic E-state index is 5.09. The molecule has 0 amide bonds. The number of nitrogens with zero attached hydrogens (tertiary/aromatic N) is 3. The fraction of sp³-hybridized carbons (Fsp3) is 0.200. The first-order valence-electron chi connectivity index (χ1n) is 4.28. The molecule has 2 rings (SSSR count). The molecule has 72 valence electrons. The van der Waals surface area contributed by atoms with E-state index in [1.54, 1.807) is 24.2 Å². The maximum atomic E-state index is 5.09. The van der Waals surface area contributed by atoms with Crippen LogP contribution in [0.4, 0.5) is 0 Å². The third-order valence-corrected chi connectivity index (χ3v) is 1.96. The summed E-state index contributed by atoms with van der Waals surface area (Å²) in [6.45, 7) is 0. The summed E-state index contributed by atoms with van der Waals surface area (Å²) < 4.78 is 6.84. The van der Waals surface area contributed by atoms with Crippen molar-refractivity contribution in [2.45, 2.75) is 0 Å². The van der Waals surface area contributed by atoms with Crippen LogP contribution < -0.4 is 4.74 Å². The summed E-state index contributed by atoms with van der Waals surface area (Å²) in [6.07, 6.45) is 5.34. The highest BCUT2D eigenvalue weighted by Gasteiger charge is 2.02. The van der Waals surface area contributed by atoms with Crippen molar-refractivity contribution in [1.82, 2.24) is 14.8 Å². The molecule has 0 bridgehead atoms. The molecule has 2 heterocycles. The highest BCUT2D eigenvalue weighted by molar-refractivity contribution is 5.58. The van der Waals surface area contributed by atoms with Gasteiger partial charge in [-0.15, -0.1) is 0 Å². The summed E-state index contributed by atoms with van der Waals surface area (Å²) in [5.41, 5.74) is 1.86. The molecule has 0 unspecified atom stereocenters. The van der Waals surface area contributed by atoms with E-state index in [1.807, 2.05) is 25.4 Å². The molecule has 0 radical (unpaired) electrons. The van der Waals surface area contributed by atoms with Gasteiger partial charge in [0.05, 0.1) is 19.0 Å². The van der Waals surface area contributed by atoms with Crippen molar-refractivity contribution < 1.29 is 4.74 Å². The second-order valence-electron chi connectivity index (χ2n) is 2.99. The van der Waals surface area contributed by atoms with Gasteiger partial charge in [-0.2, -0.15) is 5.10 Å². The standard InChI is InChI=1S/C10H11N3O/c1-13-4-3-10(12-13)8-5-9(14-2)7-11-6-8/h3-7H,1-2H3. The molecular formula is C10H11N3O. The van der Waals surface area contributed by atoms with Crippen LogP contribution in [0, 0.1) is 0 Å². The Morgan fingerprint density at radius 2 is 2.21 bits per heavy atom. The van der Waals surface area contributed by atoms with Gasteiger partial charge in [-0.25, -0.2) is 0 Å². The molecule has 0 atom stereocenters. The van der Waals surface area contributed by atoms with Gasteiger partial charge < -0.3 is 4.74 Å². The minimum atomic E-state index is 0.744. The van der Waals surface area contributed by atoms with Crippen molar-refractivity contribution >= 4 is 0 Å². The van der Waals surface area contributed by atoms with E-state index < -0.39 is 0 Å². The third kappa shape index (κ3) is 1.59. The Morgan fingerprint density at radius 1 is 1.36 bits per heavy atom. The normalized spacial score (nSPS) is 10.1. The number of hydrogen-bond donors (Lipinski definition) is 0. The number of rotatable bonds is 2. The zero-order valence-corrected chi connectivity index (χ0v) is 8.14. The fourth-order valence-electron chi connectivity index (χ4n) is 1.24. The molecule has 4 nitrogen and oxygen atoms in total. The summed E-state index contributed by atoms with van der Waals surface area (Å²) in [5.74, 6) is 0.744. The van der Waals surface area contributed by atoms with Crippen molar-refractivity contribution in [1.29, 1.82) is 0 Å². The van der Waals surface area contributed by atoms with E-state index in [4.69, 9.17) is 4.74 Å². The Hall–Kier alpha value is -1.84. The summed E-state index contributed by atoms with van der Waals surface area (Å²) in [6, 6.07) is 3.85. The van der Waals surface area contributed by atoms with Gasteiger partial charge in [0, 0.05) is 25.0 Å². The molecule has 0 saturated carbocycles. The molecule has 0 aliphatic carbocycles. The Balaban J connectivity index is 2.41. The molecule has 0 spiro atoms. The quantitative estimate of drug-likeness (QED) is 0.718. The second-order valence-corrected chi connectivity index (χ2v) is 2.99. The summed E-state index contributed by atoms with van der Waals surface area (Å²) in [4.78, 5) is 4.07. The Kier molecular flexibility index (Phi) is 2.18. The smallest absolute Gasteiger partial charge is 0.137 e. The summed E-state index contributed by atoms with van der Waals surface area (Å²) in [7, 11) is 3.51. The predicted molar refractivity (Wildman–Crippen MR) is 53.0 cm³/mol. The van der Waals surface area contributed by atoms with Crippen LogP contribution in [0.3, 0.4) is 0 Å². The average Bonchev–Trinajstić information content (AvgIpc) is 2.65. The molecule has 0 saturated heterocycles. The number of aryl methyl sites for hydroxylation is 1. The number of pyridine rings is 1. The van der Waals surface area contributed by atoms with E-state index in [0.717, 1.165) is 17.0 Å². The Bertz CT molecular complexity index is 436. The van der Waals surface area contributed by atoms with Crippen LogP contribution in [0.25, 0.3) is 11.3 Å². The molecule has 2 aromatic rings. The van der Waals surface area contributed by atoms with Crippen LogP contribution in [0.15, 0.2) is 30.7 Å². The first kappa shape index (κ1) is 8.74. The highest BCUT2D eigenvalue weighted by atomic mass is 16.5. The van der Waals surface area contributed by atoms with Crippen molar-refractivity contribution in [2.24, 2.45) is 7.05 Å². The zero-order chi connectivity index (χ0) is 9.97. The van der Waals surface area contributed by atoms with Crippen LogP contribution in [0.1, 0.15) is 0 Å². The van der Waals surface area contributed by atoms with Crippen molar-refractivity contribution in [3.63, 3.8) is 0 Å². The highest BCUT2D eigenvalue weighted by Crippen LogP contribution is 2.19. The molecule has 4 heteroatoms. The Labute approximate surface area is 82.2 Å². The summed E-state index contributed by atoms with van der Waals surface area (Å²) in [5, 5.41) is 4.28. The van der Waals surface area contributed by atoms with E-state index >= 15 is 0 Å². The number of methoxy groups -OCH3 is 1. The third-order valence-electron chi connectivity index (χ3n) is 1.96. The number of aromatic nitrogens is 3. The van der Waals surface area contributed by atoms with Gasteiger partial charge in [-0.05, 0) is 12.1 Å².